The first-order valence-electron chi connectivity index (χ1n) is 8.63. The van der Waals surface area contributed by atoms with Crippen molar-refractivity contribution in [3.63, 3.8) is 0 Å². The summed E-state index contributed by atoms with van der Waals surface area (Å²) in [5.74, 6) is 0.332. The summed E-state index contributed by atoms with van der Waals surface area (Å²) < 4.78 is 5.34. The molecule has 140 valence electrons. The highest BCUT2D eigenvalue weighted by atomic mass is 32.1. The third kappa shape index (κ3) is 4.62. The van der Waals surface area contributed by atoms with Crippen molar-refractivity contribution in [2.24, 2.45) is 5.92 Å². The Morgan fingerprint density at radius 3 is 2.56 bits per heavy atom. The molecule has 0 aliphatic heterocycles. The zero-order valence-electron chi connectivity index (χ0n) is 15.4. The quantitative estimate of drug-likeness (QED) is 0.667. The summed E-state index contributed by atoms with van der Waals surface area (Å²) >= 11 is 1.43. The summed E-state index contributed by atoms with van der Waals surface area (Å²) in [6.07, 6.45) is 1.58. The third-order valence-electron chi connectivity index (χ3n) is 3.94. The number of thiazole rings is 1. The molecule has 0 unspecified atom stereocenters. The molecular weight excluding hydrogens is 362 g/mol. The highest BCUT2D eigenvalue weighted by molar-refractivity contribution is 7.15. The zero-order valence-corrected chi connectivity index (χ0v) is 16.2. The number of aryl methyl sites for hydroxylation is 1. The van der Waals surface area contributed by atoms with Crippen LogP contribution in [0.5, 0.6) is 0 Å². The number of nitrogens with one attached hydrogen (secondary N) is 2. The normalized spacial score (nSPS) is 10.8. The van der Waals surface area contributed by atoms with E-state index in [0.717, 1.165) is 16.1 Å². The predicted molar refractivity (Wildman–Crippen MR) is 106 cm³/mol. The summed E-state index contributed by atoms with van der Waals surface area (Å²) in [6, 6.07) is 11.0. The van der Waals surface area contributed by atoms with Crippen molar-refractivity contribution in [1.82, 2.24) is 10.3 Å². The van der Waals surface area contributed by atoms with E-state index in [1.54, 1.807) is 12.3 Å². The molecule has 0 atom stereocenters. The minimum Gasteiger partial charge on any atom is -0.462 e. The molecule has 2 heterocycles. The summed E-state index contributed by atoms with van der Waals surface area (Å²) in [5.41, 5.74) is 2.08. The SMILES string of the molecule is Cc1sc(-c2ccco2)nc1C(=O)NCc1ccc(NC(=O)C(C)C)cc1. The minimum absolute atomic E-state index is 0.0255. The van der Waals surface area contributed by atoms with Crippen LogP contribution in [0.3, 0.4) is 0 Å². The van der Waals surface area contributed by atoms with Gasteiger partial charge in [-0.2, -0.15) is 0 Å². The molecule has 6 nitrogen and oxygen atoms in total. The van der Waals surface area contributed by atoms with Crippen LogP contribution in [-0.4, -0.2) is 16.8 Å². The number of furan rings is 1. The Bertz CT molecular complexity index is 928. The van der Waals surface area contributed by atoms with Crippen LogP contribution in [0.15, 0.2) is 47.1 Å². The van der Waals surface area contributed by atoms with Crippen molar-refractivity contribution in [3.8, 4) is 10.8 Å². The predicted octanol–water partition coefficient (Wildman–Crippen LogP) is 4.24. The highest BCUT2D eigenvalue weighted by Gasteiger charge is 2.17. The van der Waals surface area contributed by atoms with E-state index in [9.17, 15) is 9.59 Å². The average Bonchev–Trinajstić information content (AvgIpc) is 3.30. The highest BCUT2D eigenvalue weighted by Crippen LogP contribution is 2.27. The molecule has 0 fully saturated rings. The molecule has 3 rings (SSSR count). The zero-order chi connectivity index (χ0) is 19.4. The van der Waals surface area contributed by atoms with Crippen LogP contribution < -0.4 is 10.6 Å². The van der Waals surface area contributed by atoms with Crippen LogP contribution in [0.2, 0.25) is 0 Å². The summed E-state index contributed by atoms with van der Waals surface area (Å²) in [7, 11) is 0. The van der Waals surface area contributed by atoms with Gasteiger partial charge in [-0.05, 0) is 36.8 Å². The van der Waals surface area contributed by atoms with Crippen molar-refractivity contribution in [3.05, 3.63) is 58.8 Å². The van der Waals surface area contributed by atoms with E-state index < -0.39 is 0 Å². The maximum atomic E-state index is 12.5. The number of carbonyl (C=O) groups excluding carboxylic acids is 2. The molecule has 0 aliphatic rings. The molecule has 0 spiro atoms. The van der Waals surface area contributed by atoms with E-state index in [0.29, 0.717) is 23.0 Å². The molecule has 27 heavy (non-hydrogen) atoms. The number of hydrogen-bond acceptors (Lipinski definition) is 5. The van der Waals surface area contributed by atoms with Crippen LogP contribution in [0.25, 0.3) is 10.8 Å². The molecule has 2 amide bonds. The lowest BCUT2D eigenvalue weighted by atomic mass is 10.1. The van der Waals surface area contributed by atoms with Gasteiger partial charge in [-0.25, -0.2) is 4.98 Å². The summed E-state index contributed by atoms with van der Waals surface area (Å²) in [4.78, 5) is 29.4. The third-order valence-corrected chi connectivity index (χ3v) is 4.93. The van der Waals surface area contributed by atoms with Gasteiger partial charge >= 0.3 is 0 Å². The lowest BCUT2D eigenvalue weighted by Gasteiger charge is -2.09. The van der Waals surface area contributed by atoms with Gasteiger partial charge in [0.25, 0.3) is 5.91 Å². The van der Waals surface area contributed by atoms with E-state index in [2.05, 4.69) is 15.6 Å². The first-order valence-corrected chi connectivity index (χ1v) is 9.45. The van der Waals surface area contributed by atoms with Gasteiger partial charge in [0.05, 0.1) is 6.26 Å². The second-order valence-corrected chi connectivity index (χ2v) is 7.63. The van der Waals surface area contributed by atoms with Gasteiger partial charge in [0.2, 0.25) is 5.91 Å². The smallest absolute Gasteiger partial charge is 0.271 e. The summed E-state index contributed by atoms with van der Waals surface area (Å²) in [5, 5.41) is 6.41. The van der Waals surface area contributed by atoms with Crippen LogP contribution >= 0.6 is 11.3 Å². The molecule has 1 aromatic carbocycles. The molecule has 0 radical (unpaired) electrons. The van der Waals surface area contributed by atoms with Crippen LogP contribution in [-0.2, 0) is 11.3 Å². The maximum Gasteiger partial charge on any atom is 0.271 e. The number of benzene rings is 1. The first kappa shape index (κ1) is 18.8. The van der Waals surface area contributed by atoms with Crippen molar-refractivity contribution in [1.29, 1.82) is 0 Å². The van der Waals surface area contributed by atoms with Crippen molar-refractivity contribution >= 4 is 28.8 Å². The molecule has 3 aromatic rings. The average molecular weight is 383 g/mol. The van der Waals surface area contributed by atoms with Crippen LogP contribution in [0.4, 0.5) is 5.69 Å². The number of amides is 2. The Labute approximate surface area is 161 Å². The van der Waals surface area contributed by atoms with Gasteiger partial charge in [-0.1, -0.05) is 26.0 Å². The fourth-order valence-electron chi connectivity index (χ4n) is 2.37. The Hall–Kier alpha value is -2.93. The topological polar surface area (TPSA) is 84.2 Å². The first-order chi connectivity index (χ1) is 12.9. The molecule has 0 bridgehead atoms. The Morgan fingerprint density at radius 2 is 1.93 bits per heavy atom. The van der Waals surface area contributed by atoms with Gasteiger partial charge < -0.3 is 15.1 Å². The molecule has 0 aliphatic carbocycles. The Balaban J connectivity index is 1.60. The summed E-state index contributed by atoms with van der Waals surface area (Å²) in [6.45, 7) is 5.93. The van der Waals surface area contributed by atoms with Crippen molar-refractivity contribution in [2.75, 3.05) is 5.32 Å². The maximum absolute atomic E-state index is 12.5. The van der Waals surface area contributed by atoms with Gasteiger partial charge in [0, 0.05) is 23.0 Å². The largest absolute Gasteiger partial charge is 0.462 e. The second-order valence-electron chi connectivity index (χ2n) is 6.42. The van der Waals surface area contributed by atoms with E-state index >= 15 is 0 Å². The molecule has 0 saturated carbocycles. The number of nitrogens with zero attached hydrogens (tertiary/aromatic N) is 1. The fraction of sp³-hybridized carbons (Fsp3) is 0.250. The Morgan fingerprint density at radius 1 is 1.19 bits per heavy atom. The number of carbonyl (C=O) groups is 2. The lowest BCUT2D eigenvalue weighted by Crippen LogP contribution is -2.23. The number of anilines is 1. The van der Waals surface area contributed by atoms with Gasteiger partial charge in [0.1, 0.15) is 5.69 Å². The van der Waals surface area contributed by atoms with Gasteiger partial charge in [0.15, 0.2) is 10.8 Å². The Kier molecular flexibility index (Phi) is 5.71. The molecule has 2 N–H and O–H groups in total. The fourth-order valence-corrected chi connectivity index (χ4v) is 3.25. The molecular formula is C20H21N3O3S. The van der Waals surface area contributed by atoms with E-state index in [4.69, 9.17) is 4.42 Å². The number of hydrogen-bond donors (Lipinski definition) is 2. The van der Waals surface area contributed by atoms with E-state index in [-0.39, 0.29) is 17.7 Å². The van der Waals surface area contributed by atoms with Crippen molar-refractivity contribution < 1.29 is 14.0 Å². The second kappa shape index (κ2) is 8.18. The molecule has 7 heteroatoms. The standard InChI is InChI=1S/C20H21N3O3S/c1-12(2)18(24)22-15-8-6-14(7-9-15)11-21-19(25)17-13(3)27-20(23-17)16-5-4-10-26-16/h4-10,12H,11H2,1-3H3,(H,21,25)(H,22,24). The number of rotatable bonds is 6. The van der Waals surface area contributed by atoms with E-state index in [1.807, 2.05) is 51.1 Å². The van der Waals surface area contributed by atoms with Gasteiger partial charge in [-0.3, -0.25) is 9.59 Å². The number of aromatic nitrogens is 1. The molecule has 2 aromatic heterocycles. The van der Waals surface area contributed by atoms with Crippen LogP contribution in [0, 0.1) is 12.8 Å². The van der Waals surface area contributed by atoms with E-state index in [1.165, 1.54) is 11.3 Å². The minimum atomic E-state index is -0.223. The molecule has 0 saturated heterocycles. The van der Waals surface area contributed by atoms with Crippen LogP contribution in [0.1, 0.15) is 34.8 Å². The lowest BCUT2D eigenvalue weighted by molar-refractivity contribution is -0.118. The monoisotopic (exact) mass is 383 g/mol. The van der Waals surface area contributed by atoms with Gasteiger partial charge in [-0.15, -0.1) is 11.3 Å². The van der Waals surface area contributed by atoms with Crippen molar-refractivity contribution in [2.45, 2.75) is 27.3 Å².